The lowest BCUT2D eigenvalue weighted by Gasteiger charge is -2.30. The monoisotopic (exact) mass is 404 g/mol. The number of anilines is 2. The number of ketones is 1. The van der Waals surface area contributed by atoms with E-state index in [1.54, 1.807) is 0 Å². The Bertz CT molecular complexity index is 1110. The van der Waals surface area contributed by atoms with E-state index in [1.165, 1.54) is 12.8 Å². The largest absolute Gasteiger partial charge is 0.383 e. The number of hydrogen-bond donors (Lipinski definition) is 1. The van der Waals surface area contributed by atoms with Crippen LogP contribution in [-0.4, -0.2) is 56.1 Å². The first-order valence-electron chi connectivity index (χ1n) is 10.8. The molecule has 0 radical (unpaired) electrons. The highest BCUT2D eigenvalue weighted by Crippen LogP contribution is 2.45. The fourth-order valence-corrected chi connectivity index (χ4v) is 4.66. The summed E-state index contributed by atoms with van der Waals surface area (Å²) in [6, 6.07) is 9.66. The molecule has 6 nitrogen and oxygen atoms in total. The van der Waals surface area contributed by atoms with E-state index >= 15 is 0 Å². The van der Waals surface area contributed by atoms with Crippen molar-refractivity contribution in [1.82, 2.24) is 10.1 Å². The molecular weight excluding hydrogens is 376 g/mol. The molecule has 1 fully saturated rings. The molecular formula is C24H28N4O2. The number of hydrogen-bond acceptors (Lipinski definition) is 6. The van der Waals surface area contributed by atoms with Gasteiger partial charge in [0.05, 0.1) is 16.6 Å². The average Bonchev–Trinajstić information content (AvgIpc) is 3.18. The standard InChI is InChI=1S/C24H28N4O2/c1-15-8-11-28(12-9-15)13-10-25-18-14-19(27(2)3)22-21-20(18)23(29)16-6-4-5-7-17(16)24(21)30-26-22/h4-7,14-15,25H,8-13H2,1-3H3. The van der Waals surface area contributed by atoms with Crippen molar-refractivity contribution >= 4 is 28.1 Å². The maximum atomic E-state index is 13.5. The summed E-state index contributed by atoms with van der Waals surface area (Å²) in [7, 11) is 3.98. The van der Waals surface area contributed by atoms with E-state index in [1.807, 2.05) is 49.3 Å². The van der Waals surface area contributed by atoms with Crippen LogP contribution < -0.4 is 10.2 Å². The molecule has 1 N–H and O–H groups in total. The molecule has 156 valence electrons. The van der Waals surface area contributed by atoms with Crippen LogP contribution in [-0.2, 0) is 0 Å². The van der Waals surface area contributed by atoms with Crippen molar-refractivity contribution in [3.8, 4) is 11.3 Å². The van der Waals surface area contributed by atoms with E-state index in [9.17, 15) is 4.79 Å². The van der Waals surface area contributed by atoms with Crippen LogP contribution in [0.3, 0.4) is 0 Å². The van der Waals surface area contributed by atoms with Crippen LogP contribution in [0.5, 0.6) is 0 Å². The minimum Gasteiger partial charge on any atom is -0.383 e. The Labute approximate surface area is 176 Å². The number of carbonyl (C=O) groups excluding carboxylic acids is 1. The molecule has 1 aromatic heterocycles. The molecule has 0 atom stereocenters. The summed E-state index contributed by atoms with van der Waals surface area (Å²) in [6.07, 6.45) is 2.53. The molecule has 0 unspecified atom stereocenters. The second-order valence-electron chi connectivity index (χ2n) is 8.77. The number of rotatable bonds is 5. The van der Waals surface area contributed by atoms with Gasteiger partial charge in [-0.05, 0) is 37.9 Å². The van der Waals surface area contributed by atoms with Gasteiger partial charge in [0.1, 0.15) is 5.52 Å². The molecule has 5 rings (SSSR count). The highest BCUT2D eigenvalue weighted by molar-refractivity contribution is 6.28. The van der Waals surface area contributed by atoms with E-state index in [0.717, 1.165) is 59.9 Å². The molecule has 0 amide bonds. The van der Waals surface area contributed by atoms with Crippen molar-refractivity contribution in [3.63, 3.8) is 0 Å². The molecule has 0 bridgehead atoms. The molecule has 2 aliphatic rings. The fraction of sp³-hybridized carbons (Fsp3) is 0.417. The second kappa shape index (κ2) is 7.43. The highest BCUT2D eigenvalue weighted by atomic mass is 16.5. The summed E-state index contributed by atoms with van der Waals surface area (Å²) >= 11 is 0. The summed E-state index contributed by atoms with van der Waals surface area (Å²) in [5, 5.41) is 8.72. The van der Waals surface area contributed by atoms with Crippen LogP contribution in [0.1, 0.15) is 35.7 Å². The van der Waals surface area contributed by atoms with E-state index in [0.29, 0.717) is 16.9 Å². The Kier molecular flexibility index (Phi) is 4.74. The molecule has 0 spiro atoms. The third-order valence-corrected chi connectivity index (χ3v) is 6.48. The number of aromatic nitrogens is 1. The van der Waals surface area contributed by atoms with Crippen LogP contribution in [0.15, 0.2) is 34.9 Å². The van der Waals surface area contributed by atoms with Gasteiger partial charge >= 0.3 is 0 Å². The molecule has 2 heterocycles. The van der Waals surface area contributed by atoms with E-state index in [2.05, 4.69) is 22.3 Å². The second-order valence-corrected chi connectivity index (χ2v) is 8.77. The van der Waals surface area contributed by atoms with E-state index < -0.39 is 0 Å². The van der Waals surface area contributed by atoms with Crippen molar-refractivity contribution in [2.24, 2.45) is 5.92 Å². The molecule has 3 aromatic rings. The first-order chi connectivity index (χ1) is 14.5. The summed E-state index contributed by atoms with van der Waals surface area (Å²) in [6.45, 7) is 6.41. The Morgan fingerprint density at radius 3 is 2.67 bits per heavy atom. The van der Waals surface area contributed by atoms with Crippen molar-refractivity contribution in [3.05, 3.63) is 41.5 Å². The smallest absolute Gasteiger partial charge is 0.196 e. The zero-order valence-corrected chi connectivity index (χ0v) is 17.9. The lowest BCUT2D eigenvalue weighted by atomic mass is 9.86. The van der Waals surface area contributed by atoms with Crippen LogP contribution in [0.2, 0.25) is 0 Å². The van der Waals surface area contributed by atoms with Crippen molar-refractivity contribution in [1.29, 1.82) is 0 Å². The maximum Gasteiger partial charge on any atom is 0.196 e. The normalized spacial score (nSPS) is 16.7. The lowest BCUT2D eigenvalue weighted by molar-refractivity contribution is 0.104. The first kappa shape index (κ1) is 19.1. The average molecular weight is 405 g/mol. The molecule has 1 aliphatic carbocycles. The molecule has 30 heavy (non-hydrogen) atoms. The van der Waals surface area contributed by atoms with Crippen LogP contribution in [0, 0.1) is 5.92 Å². The van der Waals surface area contributed by atoms with Crippen molar-refractivity contribution in [2.75, 3.05) is 50.5 Å². The zero-order valence-electron chi connectivity index (χ0n) is 17.9. The van der Waals surface area contributed by atoms with Gasteiger partial charge in [-0.1, -0.05) is 36.3 Å². The minimum absolute atomic E-state index is 0.0332. The van der Waals surface area contributed by atoms with Gasteiger partial charge in [-0.15, -0.1) is 0 Å². The minimum atomic E-state index is 0.0332. The van der Waals surface area contributed by atoms with Gasteiger partial charge in [-0.25, -0.2) is 0 Å². The number of piperidine rings is 1. The molecule has 1 aliphatic heterocycles. The number of fused-ring (bicyclic) bond motifs is 2. The number of benzene rings is 2. The summed E-state index contributed by atoms with van der Waals surface area (Å²) < 4.78 is 5.76. The zero-order chi connectivity index (χ0) is 20.8. The number of nitrogens with one attached hydrogen (secondary N) is 1. The van der Waals surface area contributed by atoms with E-state index in [4.69, 9.17) is 4.52 Å². The number of nitrogens with zero attached hydrogens (tertiary/aromatic N) is 3. The Morgan fingerprint density at radius 1 is 1.20 bits per heavy atom. The Balaban J connectivity index is 1.53. The topological polar surface area (TPSA) is 61.6 Å². The SMILES string of the molecule is CC1CCN(CCNc2cc(N(C)C)c3noc4c3c2C(=O)c2ccccc2-4)CC1. The van der Waals surface area contributed by atoms with Gasteiger partial charge in [0.25, 0.3) is 0 Å². The van der Waals surface area contributed by atoms with Gasteiger partial charge in [0, 0.05) is 44.0 Å². The van der Waals surface area contributed by atoms with Gasteiger partial charge in [0.2, 0.25) is 0 Å². The molecule has 2 aromatic carbocycles. The van der Waals surface area contributed by atoms with Gasteiger partial charge in [-0.3, -0.25) is 4.79 Å². The Morgan fingerprint density at radius 2 is 1.93 bits per heavy atom. The molecule has 0 saturated carbocycles. The lowest BCUT2D eigenvalue weighted by Crippen LogP contribution is -2.36. The number of likely N-dealkylation sites (tertiary alicyclic amines) is 1. The third-order valence-electron chi connectivity index (χ3n) is 6.48. The van der Waals surface area contributed by atoms with E-state index in [-0.39, 0.29) is 5.78 Å². The third kappa shape index (κ3) is 3.06. The van der Waals surface area contributed by atoms with Crippen LogP contribution in [0.4, 0.5) is 11.4 Å². The molecule has 1 saturated heterocycles. The summed E-state index contributed by atoms with van der Waals surface area (Å²) in [5.74, 6) is 1.55. The van der Waals surface area contributed by atoms with Gasteiger partial charge < -0.3 is 19.6 Å². The predicted octanol–water partition coefficient (Wildman–Crippen LogP) is 4.25. The summed E-state index contributed by atoms with van der Waals surface area (Å²) in [5.41, 5.74) is 4.72. The van der Waals surface area contributed by atoms with Crippen molar-refractivity contribution in [2.45, 2.75) is 19.8 Å². The maximum absolute atomic E-state index is 13.5. The fourth-order valence-electron chi connectivity index (χ4n) is 4.66. The quantitative estimate of drug-likeness (QED) is 0.537. The van der Waals surface area contributed by atoms with Crippen molar-refractivity contribution < 1.29 is 9.32 Å². The van der Waals surface area contributed by atoms with Crippen LogP contribution in [0.25, 0.3) is 22.2 Å². The highest BCUT2D eigenvalue weighted by Gasteiger charge is 2.33. The predicted molar refractivity (Wildman–Crippen MR) is 121 cm³/mol. The molecule has 6 heteroatoms. The summed E-state index contributed by atoms with van der Waals surface area (Å²) in [4.78, 5) is 18.0. The van der Waals surface area contributed by atoms with Gasteiger partial charge in [-0.2, -0.15) is 0 Å². The number of carbonyl (C=O) groups is 1. The van der Waals surface area contributed by atoms with Gasteiger partial charge in [0.15, 0.2) is 11.5 Å². The first-order valence-corrected chi connectivity index (χ1v) is 10.8. The van der Waals surface area contributed by atoms with Crippen LogP contribution >= 0.6 is 0 Å². The Hall–Kier alpha value is -2.86.